The van der Waals surface area contributed by atoms with Gasteiger partial charge in [0.1, 0.15) is 6.10 Å². The van der Waals surface area contributed by atoms with E-state index in [9.17, 15) is 0 Å². The Bertz CT molecular complexity index is 330. The Morgan fingerprint density at radius 1 is 1.41 bits per heavy atom. The fourth-order valence-electron chi connectivity index (χ4n) is 1.72. The van der Waals surface area contributed by atoms with E-state index in [4.69, 9.17) is 4.74 Å². The van der Waals surface area contributed by atoms with Gasteiger partial charge in [0.25, 0.3) is 0 Å². The molecule has 0 aromatic carbocycles. The minimum Gasteiger partial charge on any atom is -0.485 e. The second-order valence-corrected chi connectivity index (χ2v) is 3.95. The van der Waals surface area contributed by atoms with Gasteiger partial charge in [0.2, 0.25) is 0 Å². The first-order valence-electron chi connectivity index (χ1n) is 5.27. The number of aromatic nitrogens is 1. The van der Waals surface area contributed by atoms with Crippen LogP contribution in [0.2, 0.25) is 0 Å². The molecule has 1 aliphatic heterocycles. The lowest BCUT2D eigenvalue weighted by Crippen LogP contribution is -2.21. The molecule has 0 radical (unpaired) electrons. The second-order valence-electron chi connectivity index (χ2n) is 3.95. The van der Waals surface area contributed by atoms with Gasteiger partial charge < -0.3 is 15.0 Å². The second kappa shape index (κ2) is 7.58. The highest BCUT2D eigenvalue weighted by molar-refractivity contribution is 5.85. The third-order valence-corrected chi connectivity index (χ3v) is 2.48. The highest BCUT2D eigenvalue weighted by Gasteiger charge is 2.18. The predicted molar refractivity (Wildman–Crippen MR) is 75.0 cm³/mol. The van der Waals surface area contributed by atoms with Crippen LogP contribution >= 0.6 is 24.8 Å². The van der Waals surface area contributed by atoms with Gasteiger partial charge >= 0.3 is 0 Å². The Labute approximate surface area is 115 Å². The minimum absolute atomic E-state index is 0. The molecule has 1 aromatic heterocycles. The Morgan fingerprint density at radius 3 is 2.76 bits per heavy atom. The molecule has 1 atom stereocenters. The smallest absolute Gasteiger partial charge is 0.170 e. The molecular weight excluding hydrogens is 261 g/mol. The van der Waals surface area contributed by atoms with Crippen molar-refractivity contribution < 1.29 is 4.74 Å². The van der Waals surface area contributed by atoms with E-state index >= 15 is 0 Å². The van der Waals surface area contributed by atoms with Crippen molar-refractivity contribution in [2.75, 3.05) is 32.1 Å². The van der Waals surface area contributed by atoms with Gasteiger partial charge in [0, 0.05) is 26.8 Å². The van der Waals surface area contributed by atoms with Gasteiger partial charge in [-0.25, -0.2) is 4.98 Å². The van der Waals surface area contributed by atoms with E-state index < -0.39 is 0 Å². The van der Waals surface area contributed by atoms with Crippen LogP contribution in [-0.4, -0.2) is 38.3 Å². The van der Waals surface area contributed by atoms with E-state index in [1.165, 1.54) is 0 Å². The van der Waals surface area contributed by atoms with Crippen LogP contribution in [0.3, 0.4) is 0 Å². The molecule has 0 amide bonds. The average Bonchev–Trinajstić information content (AvgIpc) is 2.71. The lowest BCUT2D eigenvalue weighted by Gasteiger charge is -2.18. The van der Waals surface area contributed by atoms with Crippen LogP contribution in [-0.2, 0) is 0 Å². The molecule has 1 N–H and O–H groups in total. The van der Waals surface area contributed by atoms with Gasteiger partial charge in [-0.15, -0.1) is 24.8 Å². The van der Waals surface area contributed by atoms with Crippen molar-refractivity contribution in [3.05, 3.63) is 18.3 Å². The van der Waals surface area contributed by atoms with Gasteiger partial charge in [-0.05, 0) is 25.1 Å². The van der Waals surface area contributed by atoms with Gasteiger partial charge in [-0.3, -0.25) is 0 Å². The molecule has 0 bridgehead atoms. The topological polar surface area (TPSA) is 37.4 Å². The van der Waals surface area contributed by atoms with E-state index in [2.05, 4.69) is 10.3 Å². The van der Waals surface area contributed by atoms with Crippen LogP contribution in [0.4, 0.5) is 5.82 Å². The van der Waals surface area contributed by atoms with E-state index in [0.717, 1.165) is 31.1 Å². The highest BCUT2D eigenvalue weighted by atomic mass is 35.5. The number of hydrogen-bond acceptors (Lipinski definition) is 4. The summed E-state index contributed by atoms with van der Waals surface area (Å²) in [5, 5.41) is 3.28. The van der Waals surface area contributed by atoms with Crippen molar-refractivity contribution in [2.24, 2.45) is 0 Å². The summed E-state index contributed by atoms with van der Waals surface area (Å²) in [6, 6.07) is 3.88. The Hall–Kier alpha value is -0.710. The monoisotopic (exact) mass is 279 g/mol. The predicted octanol–water partition coefficient (Wildman–Crippen LogP) is 1.73. The van der Waals surface area contributed by atoms with Crippen molar-refractivity contribution in [1.29, 1.82) is 0 Å². The zero-order chi connectivity index (χ0) is 10.7. The number of nitrogens with zero attached hydrogens (tertiary/aromatic N) is 2. The zero-order valence-corrected chi connectivity index (χ0v) is 11.7. The molecule has 0 spiro atoms. The number of hydrogen-bond donors (Lipinski definition) is 1. The standard InChI is InChI=1S/C11H17N3O.2ClH/c1-14(2)11-10(4-3-6-13-11)15-9-5-7-12-8-9;;/h3-4,6,9,12H,5,7-8H2,1-2H3;2*1H/t9-;;/m0../s1. The summed E-state index contributed by atoms with van der Waals surface area (Å²) in [4.78, 5) is 6.27. The van der Waals surface area contributed by atoms with Gasteiger partial charge in [0.05, 0.1) is 0 Å². The molecule has 1 saturated heterocycles. The average molecular weight is 280 g/mol. The molecule has 6 heteroatoms. The lowest BCUT2D eigenvalue weighted by molar-refractivity contribution is 0.223. The van der Waals surface area contributed by atoms with Gasteiger partial charge in [-0.2, -0.15) is 0 Å². The van der Waals surface area contributed by atoms with Crippen LogP contribution in [0, 0.1) is 0 Å². The summed E-state index contributed by atoms with van der Waals surface area (Å²) < 4.78 is 5.90. The molecule has 2 rings (SSSR count). The molecule has 1 aromatic rings. The molecule has 0 saturated carbocycles. The number of pyridine rings is 1. The molecule has 17 heavy (non-hydrogen) atoms. The lowest BCUT2D eigenvalue weighted by atomic mass is 10.3. The Kier molecular flexibility index (Phi) is 7.27. The SMILES string of the molecule is CN(C)c1ncccc1O[C@H]1CCNC1.Cl.Cl. The number of rotatable bonds is 3. The summed E-state index contributed by atoms with van der Waals surface area (Å²) in [7, 11) is 3.95. The van der Waals surface area contributed by atoms with Crippen molar-refractivity contribution in [2.45, 2.75) is 12.5 Å². The Balaban J connectivity index is 0.00000128. The normalized spacial score (nSPS) is 17.9. The van der Waals surface area contributed by atoms with E-state index in [1.54, 1.807) is 6.20 Å². The maximum absolute atomic E-state index is 5.90. The van der Waals surface area contributed by atoms with E-state index in [-0.39, 0.29) is 30.9 Å². The van der Waals surface area contributed by atoms with Crippen LogP contribution in [0.1, 0.15) is 6.42 Å². The van der Waals surface area contributed by atoms with Crippen LogP contribution in [0.25, 0.3) is 0 Å². The summed E-state index contributed by atoms with van der Waals surface area (Å²) in [5.41, 5.74) is 0. The van der Waals surface area contributed by atoms with Crippen molar-refractivity contribution in [3.8, 4) is 5.75 Å². The first-order valence-corrected chi connectivity index (χ1v) is 5.27. The molecule has 2 heterocycles. The van der Waals surface area contributed by atoms with Crippen LogP contribution in [0.15, 0.2) is 18.3 Å². The fourth-order valence-corrected chi connectivity index (χ4v) is 1.72. The quantitative estimate of drug-likeness (QED) is 0.915. The number of nitrogens with one attached hydrogen (secondary N) is 1. The Morgan fingerprint density at radius 2 is 2.18 bits per heavy atom. The summed E-state index contributed by atoms with van der Waals surface area (Å²) in [6.07, 6.45) is 3.14. The van der Waals surface area contributed by atoms with Gasteiger partial charge in [-0.1, -0.05) is 0 Å². The summed E-state index contributed by atoms with van der Waals surface area (Å²) in [5.74, 6) is 1.76. The van der Waals surface area contributed by atoms with Crippen molar-refractivity contribution >= 4 is 30.6 Å². The van der Waals surface area contributed by atoms with E-state index in [1.807, 2.05) is 31.1 Å². The largest absolute Gasteiger partial charge is 0.485 e. The zero-order valence-electron chi connectivity index (χ0n) is 10.0. The summed E-state index contributed by atoms with van der Waals surface area (Å²) in [6.45, 7) is 1.98. The number of anilines is 1. The van der Waals surface area contributed by atoms with Crippen molar-refractivity contribution in [1.82, 2.24) is 10.3 Å². The molecule has 0 unspecified atom stereocenters. The summed E-state index contributed by atoms with van der Waals surface area (Å²) >= 11 is 0. The fraction of sp³-hybridized carbons (Fsp3) is 0.545. The number of ether oxygens (including phenoxy) is 1. The van der Waals surface area contributed by atoms with Crippen LogP contribution < -0.4 is 15.0 Å². The number of halogens is 2. The minimum atomic E-state index is 0. The third-order valence-electron chi connectivity index (χ3n) is 2.48. The molecule has 0 aliphatic carbocycles. The van der Waals surface area contributed by atoms with Crippen molar-refractivity contribution in [3.63, 3.8) is 0 Å². The maximum Gasteiger partial charge on any atom is 0.170 e. The molecule has 1 fully saturated rings. The first-order chi connectivity index (χ1) is 7.27. The maximum atomic E-state index is 5.90. The molecule has 1 aliphatic rings. The third kappa shape index (κ3) is 4.22. The van der Waals surface area contributed by atoms with E-state index in [0.29, 0.717) is 0 Å². The molecule has 98 valence electrons. The van der Waals surface area contributed by atoms with Gasteiger partial charge in [0.15, 0.2) is 11.6 Å². The molecule has 4 nitrogen and oxygen atoms in total. The van der Waals surface area contributed by atoms with Crippen LogP contribution in [0.5, 0.6) is 5.75 Å². The first kappa shape index (κ1) is 16.3. The molecular formula is C11H19Cl2N3O. The highest BCUT2D eigenvalue weighted by Crippen LogP contribution is 2.25.